The van der Waals surface area contributed by atoms with Gasteiger partial charge in [0, 0.05) is 17.7 Å². The van der Waals surface area contributed by atoms with Gasteiger partial charge in [0.2, 0.25) is 0 Å². The highest BCUT2D eigenvalue weighted by Gasteiger charge is 2.15. The fourth-order valence-corrected chi connectivity index (χ4v) is 1.83. The number of rotatable bonds is 3. The number of aromatic nitrogens is 2. The molecule has 0 unspecified atom stereocenters. The molecule has 0 aliphatic heterocycles. The van der Waals surface area contributed by atoms with Gasteiger partial charge >= 0.3 is 12.0 Å². The van der Waals surface area contributed by atoms with Gasteiger partial charge < -0.3 is 4.74 Å². The van der Waals surface area contributed by atoms with Crippen molar-refractivity contribution in [2.24, 2.45) is 0 Å². The number of carbonyl (C=O) groups excluding carboxylic acids is 1. The number of aryl methyl sites for hydroxylation is 1. The average Bonchev–Trinajstić information content (AvgIpc) is 2.15. The Kier molecular flexibility index (Phi) is 4.24. The summed E-state index contributed by atoms with van der Waals surface area (Å²) < 4.78 is 4.91. The SMILES string of the molecule is CCC(=O)Oc1nc(C)c(C(C)C)c(Cl)n1. The Morgan fingerprint density at radius 1 is 1.44 bits per heavy atom. The first kappa shape index (κ1) is 12.9. The van der Waals surface area contributed by atoms with E-state index in [0.717, 1.165) is 11.3 Å². The molecule has 0 saturated heterocycles. The van der Waals surface area contributed by atoms with Gasteiger partial charge in [-0.1, -0.05) is 32.4 Å². The van der Waals surface area contributed by atoms with E-state index >= 15 is 0 Å². The van der Waals surface area contributed by atoms with E-state index in [-0.39, 0.29) is 24.3 Å². The molecule has 5 heteroatoms. The highest BCUT2D eigenvalue weighted by molar-refractivity contribution is 6.30. The van der Waals surface area contributed by atoms with Crippen LogP contribution in [-0.4, -0.2) is 15.9 Å². The van der Waals surface area contributed by atoms with Gasteiger partial charge in [0.05, 0.1) is 0 Å². The van der Waals surface area contributed by atoms with Crippen molar-refractivity contribution in [3.63, 3.8) is 0 Å². The zero-order valence-corrected chi connectivity index (χ0v) is 10.6. The van der Waals surface area contributed by atoms with Crippen molar-refractivity contribution in [2.75, 3.05) is 0 Å². The van der Waals surface area contributed by atoms with Crippen LogP contribution in [0.2, 0.25) is 5.15 Å². The van der Waals surface area contributed by atoms with Gasteiger partial charge in [-0.15, -0.1) is 0 Å². The molecule has 0 atom stereocenters. The monoisotopic (exact) mass is 242 g/mol. The Bertz CT molecular complexity index is 382. The number of hydrogen-bond donors (Lipinski definition) is 0. The molecule has 0 aliphatic rings. The van der Waals surface area contributed by atoms with Crippen LogP contribution in [0.3, 0.4) is 0 Å². The molecule has 0 aliphatic carbocycles. The smallest absolute Gasteiger partial charge is 0.325 e. The van der Waals surface area contributed by atoms with Crippen LogP contribution in [0, 0.1) is 6.92 Å². The predicted molar refractivity (Wildman–Crippen MR) is 61.8 cm³/mol. The summed E-state index contributed by atoms with van der Waals surface area (Å²) in [4.78, 5) is 19.1. The van der Waals surface area contributed by atoms with E-state index in [0.29, 0.717) is 5.15 Å². The maximum Gasteiger partial charge on any atom is 0.325 e. The zero-order chi connectivity index (χ0) is 12.3. The average molecular weight is 243 g/mol. The Morgan fingerprint density at radius 2 is 2.06 bits per heavy atom. The molecule has 0 N–H and O–H groups in total. The Morgan fingerprint density at radius 3 is 2.50 bits per heavy atom. The third-order valence-corrected chi connectivity index (χ3v) is 2.43. The molecule has 1 rings (SSSR count). The highest BCUT2D eigenvalue weighted by atomic mass is 35.5. The van der Waals surface area contributed by atoms with Crippen molar-refractivity contribution in [3.8, 4) is 6.01 Å². The van der Waals surface area contributed by atoms with Crippen molar-refractivity contribution in [1.29, 1.82) is 0 Å². The molecule has 0 amide bonds. The lowest BCUT2D eigenvalue weighted by Crippen LogP contribution is -2.10. The van der Waals surface area contributed by atoms with Crippen molar-refractivity contribution >= 4 is 17.6 Å². The van der Waals surface area contributed by atoms with Crippen LogP contribution in [0.4, 0.5) is 0 Å². The van der Waals surface area contributed by atoms with Gasteiger partial charge in [-0.3, -0.25) is 4.79 Å². The summed E-state index contributed by atoms with van der Waals surface area (Å²) >= 11 is 6.01. The number of halogens is 1. The Labute approximate surface area is 100 Å². The van der Waals surface area contributed by atoms with Gasteiger partial charge in [0.25, 0.3) is 0 Å². The van der Waals surface area contributed by atoms with Gasteiger partial charge in [0.1, 0.15) is 5.15 Å². The first-order valence-electron chi connectivity index (χ1n) is 5.20. The molecule has 0 aromatic carbocycles. The minimum Gasteiger partial charge on any atom is -0.391 e. The van der Waals surface area contributed by atoms with E-state index in [1.807, 2.05) is 20.8 Å². The second-order valence-electron chi connectivity index (χ2n) is 3.78. The van der Waals surface area contributed by atoms with Crippen molar-refractivity contribution in [2.45, 2.75) is 40.0 Å². The van der Waals surface area contributed by atoms with E-state index in [9.17, 15) is 4.79 Å². The summed E-state index contributed by atoms with van der Waals surface area (Å²) in [5, 5.41) is 0.349. The largest absolute Gasteiger partial charge is 0.391 e. The van der Waals surface area contributed by atoms with Crippen LogP contribution >= 0.6 is 11.6 Å². The van der Waals surface area contributed by atoms with Gasteiger partial charge in [-0.05, 0) is 12.8 Å². The summed E-state index contributed by atoms with van der Waals surface area (Å²) in [7, 11) is 0. The number of ether oxygens (including phenoxy) is 1. The van der Waals surface area contributed by atoms with E-state index in [1.165, 1.54) is 0 Å². The van der Waals surface area contributed by atoms with Gasteiger partial charge in [-0.2, -0.15) is 9.97 Å². The first-order chi connectivity index (χ1) is 7.45. The van der Waals surface area contributed by atoms with Gasteiger partial charge in [-0.25, -0.2) is 0 Å². The van der Waals surface area contributed by atoms with Crippen LogP contribution in [-0.2, 0) is 4.79 Å². The summed E-state index contributed by atoms with van der Waals surface area (Å²) in [5.41, 5.74) is 1.63. The molecular weight excluding hydrogens is 228 g/mol. The molecule has 1 heterocycles. The van der Waals surface area contributed by atoms with Crippen molar-refractivity contribution in [3.05, 3.63) is 16.4 Å². The van der Waals surface area contributed by atoms with Crippen LogP contribution < -0.4 is 4.74 Å². The molecule has 0 fully saturated rings. The van der Waals surface area contributed by atoms with E-state index < -0.39 is 0 Å². The zero-order valence-electron chi connectivity index (χ0n) is 9.87. The van der Waals surface area contributed by atoms with Crippen LogP contribution in [0.1, 0.15) is 44.4 Å². The van der Waals surface area contributed by atoms with Crippen LogP contribution in [0.25, 0.3) is 0 Å². The number of nitrogens with zero attached hydrogens (tertiary/aromatic N) is 2. The third-order valence-electron chi connectivity index (χ3n) is 2.14. The molecule has 0 spiro atoms. The molecule has 0 radical (unpaired) electrons. The summed E-state index contributed by atoms with van der Waals surface area (Å²) in [6.45, 7) is 7.55. The summed E-state index contributed by atoms with van der Waals surface area (Å²) in [6.07, 6.45) is 0.284. The maximum atomic E-state index is 11.1. The third kappa shape index (κ3) is 2.92. The normalized spacial score (nSPS) is 10.6. The van der Waals surface area contributed by atoms with Crippen LogP contribution in [0.5, 0.6) is 6.01 Å². The fourth-order valence-electron chi connectivity index (χ4n) is 1.40. The minimum absolute atomic E-state index is 0.0266. The van der Waals surface area contributed by atoms with E-state index in [1.54, 1.807) is 6.92 Å². The predicted octanol–water partition coefficient (Wildman–Crippen LogP) is 2.88. The fraction of sp³-hybridized carbons (Fsp3) is 0.545. The van der Waals surface area contributed by atoms with E-state index in [4.69, 9.17) is 16.3 Å². The van der Waals surface area contributed by atoms with Crippen LogP contribution in [0.15, 0.2) is 0 Å². The lowest BCUT2D eigenvalue weighted by molar-refractivity contribution is -0.134. The number of esters is 1. The standard InChI is InChI=1S/C11H15ClN2O2/c1-5-8(15)16-11-13-7(4)9(6(2)3)10(12)14-11/h6H,5H2,1-4H3. The van der Waals surface area contributed by atoms with Gasteiger partial charge in [0.15, 0.2) is 0 Å². The topological polar surface area (TPSA) is 52.1 Å². The Balaban J connectivity index is 3.05. The molecule has 88 valence electrons. The lowest BCUT2D eigenvalue weighted by Gasteiger charge is -2.11. The molecule has 0 saturated carbocycles. The van der Waals surface area contributed by atoms with Crippen molar-refractivity contribution in [1.82, 2.24) is 9.97 Å². The molecule has 1 aromatic rings. The minimum atomic E-state index is -0.368. The molecule has 1 aromatic heterocycles. The summed E-state index contributed by atoms with van der Waals surface area (Å²) in [5.74, 6) is -0.129. The quantitative estimate of drug-likeness (QED) is 0.604. The van der Waals surface area contributed by atoms with E-state index in [2.05, 4.69) is 9.97 Å². The molecule has 16 heavy (non-hydrogen) atoms. The number of hydrogen-bond acceptors (Lipinski definition) is 4. The van der Waals surface area contributed by atoms with Crippen molar-refractivity contribution < 1.29 is 9.53 Å². The molecule has 4 nitrogen and oxygen atoms in total. The summed E-state index contributed by atoms with van der Waals surface area (Å²) in [6, 6.07) is 0.0266. The second kappa shape index (κ2) is 5.25. The maximum absolute atomic E-state index is 11.1. The second-order valence-corrected chi connectivity index (χ2v) is 4.14. The molecule has 0 bridgehead atoms. The Hall–Kier alpha value is -1.16. The highest BCUT2D eigenvalue weighted by Crippen LogP contribution is 2.26. The lowest BCUT2D eigenvalue weighted by atomic mass is 10.0. The number of carbonyl (C=O) groups is 1. The first-order valence-corrected chi connectivity index (χ1v) is 5.58. The molecular formula is C11H15ClN2O2.